The first-order chi connectivity index (χ1) is 14.2. The third-order valence-electron chi connectivity index (χ3n) is 4.16. The van der Waals surface area contributed by atoms with Gasteiger partial charge >= 0.3 is 5.97 Å². The number of para-hydroxylation sites is 1. The Kier molecular flexibility index (Phi) is 6.31. The number of hydrogen-bond donors (Lipinski definition) is 1. The minimum atomic E-state index is -3.40. The van der Waals surface area contributed by atoms with Crippen molar-refractivity contribution >= 4 is 27.5 Å². The van der Waals surface area contributed by atoms with Gasteiger partial charge in [0, 0.05) is 23.0 Å². The maximum Gasteiger partial charge on any atom is 0.311 e. The van der Waals surface area contributed by atoms with E-state index >= 15 is 0 Å². The number of hydrogen-bond acceptors (Lipinski definition) is 6. The van der Waals surface area contributed by atoms with Gasteiger partial charge in [-0.05, 0) is 43.3 Å². The van der Waals surface area contributed by atoms with E-state index < -0.39 is 22.1 Å². The minimum absolute atomic E-state index is 0.0122. The number of ether oxygens (including phenoxy) is 1. The molecule has 0 aliphatic carbocycles. The lowest BCUT2D eigenvalue weighted by Crippen LogP contribution is -2.25. The zero-order chi connectivity index (χ0) is 21.7. The number of rotatable bonds is 8. The van der Waals surface area contributed by atoms with Gasteiger partial charge in [-0.25, -0.2) is 13.1 Å². The Morgan fingerprint density at radius 3 is 2.40 bits per heavy atom. The first kappa shape index (κ1) is 21.3. The molecule has 9 heteroatoms. The Hall–Kier alpha value is -3.46. The molecule has 0 aliphatic rings. The summed E-state index contributed by atoms with van der Waals surface area (Å²) in [4.78, 5) is 24.7. The zero-order valence-electron chi connectivity index (χ0n) is 16.5. The van der Waals surface area contributed by atoms with Gasteiger partial charge in [-0.3, -0.25) is 14.3 Å². The Morgan fingerprint density at radius 2 is 1.77 bits per heavy atom. The summed E-state index contributed by atoms with van der Waals surface area (Å²) >= 11 is 0. The number of benzene rings is 2. The smallest absolute Gasteiger partial charge is 0.311 e. The molecule has 3 aromatic rings. The fourth-order valence-corrected chi connectivity index (χ4v) is 3.35. The van der Waals surface area contributed by atoms with Crippen molar-refractivity contribution in [2.75, 3.05) is 11.0 Å². The van der Waals surface area contributed by atoms with Crippen LogP contribution in [0.5, 0.6) is 0 Å². The molecule has 0 spiro atoms. The van der Waals surface area contributed by atoms with Gasteiger partial charge in [-0.1, -0.05) is 18.2 Å². The lowest BCUT2D eigenvalue weighted by Gasteiger charge is -2.12. The highest BCUT2D eigenvalue weighted by Crippen LogP contribution is 2.14. The number of carbonyl (C=O) groups is 2. The lowest BCUT2D eigenvalue weighted by atomic mass is 10.1. The molecule has 8 nitrogen and oxygen atoms in total. The molecule has 0 amide bonds. The Morgan fingerprint density at radius 1 is 1.10 bits per heavy atom. The van der Waals surface area contributed by atoms with Crippen molar-refractivity contribution in [3.05, 3.63) is 78.1 Å². The van der Waals surface area contributed by atoms with Crippen LogP contribution in [0.3, 0.4) is 0 Å². The summed E-state index contributed by atoms with van der Waals surface area (Å²) in [7, 11) is -3.40. The van der Waals surface area contributed by atoms with Crippen molar-refractivity contribution in [2.24, 2.45) is 0 Å². The molecule has 0 aliphatic heterocycles. The molecule has 0 saturated heterocycles. The van der Waals surface area contributed by atoms with Gasteiger partial charge in [-0.15, -0.1) is 0 Å². The summed E-state index contributed by atoms with van der Waals surface area (Å²) in [5, 5.41) is 4.23. The van der Waals surface area contributed by atoms with Crippen molar-refractivity contribution in [3.8, 4) is 5.69 Å². The number of aromatic nitrogens is 2. The van der Waals surface area contributed by atoms with Crippen LogP contribution in [0, 0.1) is 0 Å². The summed E-state index contributed by atoms with van der Waals surface area (Å²) in [6, 6.07) is 15.4. The zero-order valence-corrected chi connectivity index (χ0v) is 17.3. The molecule has 3 rings (SSSR count). The number of nitrogens with zero attached hydrogens (tertiary/aromatic N) is 2. The van der Waals surface area contributed by atoms with Gasteiger partial charge in [0.25, 0.3) is 0 Å². The number of ketones is 1. The minimum Gasteiger partial charge on any atom is -0.454 e. The van der Waals surface area contributed by atoms with Crippen LogP contribution in [0.25, 0.3) is 5.69 Å². The molecular weight excluding hydrogens is 406 g/mol. The summed E-state index contributed by atoms with van der Waals surface area (Å²) in [5.74, 6) is -0.923. The molecule has 30 heavy (non-hydrogen) atoms. The molecule has 1 N–H and O–H groups in total. The second kappa shape index (κ2) is 8.91. The average Bonchev–Trinajstić information content (AvgIpc) is 3.15. The molecule has 0 fully saturated rings. The molecule has 1 heterocycles. The first-order valence-electron chi connectivity index (χ1n) is 9.12. The van der Waals surface area contributed by atoms with Crippen LogP contribution in [-0.4, -0.2) is 42.3 Å². The van der Waals surface area contributed by atoms with Gasteiger partial charge in [0.1, 0.15) is 0 Å². The number of Topliss-reactive ketones (excluding diaryl/α,β-unsaturated/α-hetero) is 1. The van der Waals surface area contributed by atoms with E-state index in [1.165, 1.54) is 31.2 Å². The molecule has 0 bridgehead atoms. The van der Waals surface area contributed by atoms with Crippen LogP contribution in [0.1, 0.15) is 22.8 Å². The van der Waals surface area contributed by atoms with E-state index in [-0.39, 0.29) is 12.2 Å². The van der Waals surface area contributed by atoms with Crippen LogP contribution in [0.4, 0.5) is 5.69 Å². The highest BCUT2D eigenvalue weighted by atomic mass is 32.2. The van der Waals surface area contributed by atoms with Crippen molar-refractivity contribution in [1.82, 2.24) is 9.78 Å². The van der Waals surface area contributed by atoms with Crippen LogP contribution in [0.2, 0.25) is 0 Å². The third kappa shape index (κ3) is 5.77. The van der Waals surface area contributed by atoms with E-state index in [1.54, 1.807) is 17.1 Å². The molecule has 1 aromatic heterocycles. The first-order valence-corrected chi connectivity index (χ1v) is 11.0. The fraction of sp³-hybridized carbons (Fsp3) is 0.190. The molecule has 2 aromatic carbocycles. The van der Waals surface area contributed by atoms with Gasteiger partial charge in [0.05, 0.1) is 24.6 Å². The highest BCUT2D eigenvalue weighted by molar-refractivity contribution is 7.92. The third-order valence-corrected chi connectivity index (χ3v) is 4.76. The molecule has 0 radical (unpaired) electrons. The van der Waals surface area contributed by atoms with Crippen molar-refractivity contribution in [3.63, 3.8) is 0 Å². The van der Waals surface area contributed by atoms with Gasteiger partial charge in [0.15, 0.2) is 6.10 Å². The molecule has 1 atom stereocenters. The second-order valence-electron chi connectivity index (χ2n) is 6.75. The maximum absolute atomic E-state index is 12.5. The van der Waals surface area contributed by atoms with Crippen LogP contribution >= 0.6 is 0 Å². The number of anilines is 1. The van der Waals surface area contributed by atoms with Crippen molar-refractivity contribution < 1.29 is 22.7 Å². The van der Waals surface area contributed by atoms with Gasteiger partial charge in [-0.2, -0.15) is 5.10 Å². The summed E-state index contributed by atoms with van der Waals surface area (Å²) < 4.78 is 31.7. The van der Waals surface area contributed by atoms with Crippen LogP contribution < -0.4 is 4.72 Å². The average molecular weight is 427 g/mol. The SMILES string of the molecule is C[C@H](OC(=O)Cc1cnn(-c2ccccc2)c1)C(=O)c1ccc(NS(C)(=O)=O)cc1. The lowest BCUT2D eigenvalue weighted by molar-refractivity contribution is -0.145. The summed E-state index contributed by atoms with van der Waals surface area (Å²) in [6.07, 6.45) is 3.36. The van der Waals surface area contributed by atoms with Gasteiger partial charge < -0.3 is 4.74 Å². The van der Waals surface area contributed by atoms with E-state index in [4.69, 9.17) is 4.74 Å². The van der Waals surface area contributed by atoms with Crippen LogP contribution in [0.15, 0.2) is 67.0 Å². The fourth-order valence-electron chi connectivity index (χ4n) is 2.78. The summed E-state index contributed by atoms with van der Waals surface area (Å²) in [5.41, 5.74) is 2.19. The van der Waals surface area contributed by atoms with Crippen molar-refractivity contribution in [2.45, 2.75) is 19.4 Å². The Labute approximate surface area is 174 Å². The monoisotopic (exact) mass is 427 g/mol. The highest BCUT2D eigenvalue weighted by Gasteiger charge is 2.20. The Bertz CT molecular complexity index is 1140. The molecule has 156 valence electrons. The normalized spacial score (nSPS) is 12.2. The van der Waals surface area contributed by atoms with E-state index in [2.05, 4.69) is 9.82 Å². The quantitative estimate of drug-likeness (QED) is 0.437. The molecule has 0 unspecified atom stereocenters. The predicted molar refractivity (Wildman–Crippen MR) is 112 cm³/mol. The van der Waals surface area contributed by atoms with Crippen molar-refractivity contribution in [1.29, 1.82) is 0 Å². The Balaban J connectivity index is 1.57. The molecular formula is C21H21N3O5S. The number of carbonyl (C=O) groups excluding carboxylic acids is 2. The number of nitrogens with one attached hydrogen (secondary N) is 1. The predicted octanol–water partition coefficient (Wildman–Crippen LogP) is 2.60. The topological polar surface area (TPSA) is 107 Å². The number of sulfonamides is 1. The van der Waals surface area contributed by atoms with E-state index in [1.807, 2.05) is 30.3 Å². The number of esters is 1. The van der Waals surface area contributed by atoms with Crippen LogP contribution in [-0.2, 0) is 26.0 Å². The van der Waals surface area contributed by atoms with Gasteiger partial charge in [0.2, 0.25) is 15.8 Å². The van der Waals surface area contributed by atoms with E-state index in [0.717, 1.165) is 11.9 Å². The maximum atomic E-state index is 12.5. The summed E-state index contributed by atoms with van der Waals surface area (Å²) in [6.45, 7) is 1.50. The second-order valence-corrected chi connectivity index (χ2v) is 8.50. The standard InChI is InChI=1S/C21H21N3O5S/c1-15(21(26)17-8-10-18(11-9-17)23-30(2,27)28)29-20(25)12-16-13-22-24(14-16)19-6-4-3-5-7-19/h3-11,13-15,23H,12H2,1-2H3/t15-/m0/s1. The largest absolute Gasteiger partial charge is 0.454 e. The van der Waals surface area contributed by atoms with E-state index in [9.17, 15) is 18.0 Å². The molecule has 0 saturated carbocycles. The van der Waals surface area contributed by atoms with E-state index in [0.29, 0.717) is 16.8 Å².